The molecule has 0 unspecified atom stereocenters. The Hall–Kier alpha value is -1.44. The number of nitrogens with zero attached hydrogens (tertiary/aromatic N) is 2. The molecule has 1 aliphatic rings. The molecular weight excluding hydrogens is 232 g/mol. The van der Waals surface area contributed by atoms with Crippen LogP contribution in [0.15, 0.2) is 12.1 Å². The zero-order valence-electron chi connectivity index (χ0n) is 12.8. The Balaban J connectivity index is 2.37. The minimum atomic E-state index is 0.124. The van der Waals surface area contributed by atoms with Gasteiger partial charge in [0.05, 0.1) is 22.4 Å². The zero-order valence-corrected chi connectivity index (χ0v) is 12.8. The molecule has 2 heteroatoms. The summed E-state index contributed by atoms with van der Waals surface area (Å²) in [5.41, 5.74) is 7.27. The first kappa shape index (κ1) is 12.6. The Bertz CT molecular complexity index is 623. The van der Waals surface area contributed by atoms with E-state index in [0.717, 1.165) is 17.5 Å². The molecule has 1 aliphatic carbocycles. The summed E-state index contributed by atoms with van der Waals surface area (Å²) in [6, 6.07) is 4.33. The third-order valence-corrected chi connectivity index (χ3v) is 4.45. The molecule has 1 aromatic heterocycles. The lowest BCUT2D eigenvalue weighted by Gasteiger charge is -2.21. The molecule has 1 aromatic carbocycles. The van der Waals surface area contributed by atoms with Crippen LogP contribution in [0.25, 0.3) is 11.0 Å². The normalized spacial score (nSPS) is 19.7. The molecule has 0 atom stereocenters. The van der Waals surface area contributed by atoms with Gasteiger partial charge in [0.15, 0.2) is 0 Å². The molecule has 2 nitrogen and oxygen atoms in total. The van der Waals surface area contributed by atoms with Gasteiger partial charge < -0.3 is 0 Å². The summed E-state index contributed by atoms with van der Waals surface area (Å²) in [5.74, 6) is 0. The maximum Gasteiger partial charge on any atom is 0.0893 e. The van der Waals surface area contributed by atoms with Crippen LogP contribution in [-0.2, 0) is 10.8 Å². The van der Waals surface area contributed by atoms with E-state index in [-0.39, 0.29) is 10.8 Å². The van der Waals surface area contributed by atoms with Gasteiger partial charge in [-0.1, -0.05) is 27.7 Å². The minimum absolute atomic E-state index is 0.124. The fourth-order valence-electron chi connectivity index (χ4n) is 3.53. The average Bonchev–Trinajstić information content (AvgIpc) is 2.44. The second-order valence-corrected chi connectivity index (χ2v) is 7.29. The van der Waals surface area contributed by atoms with Gasteiger partial charge >= 0.3 is 0 Å². The molecule has 3 rings (SSSR count). The molecule has 0 radical (unpaired) electrons. The lowest BCUT2D eigenvalue weighted by atomic mass is 9.83. The molecule has 0 fully saturated rings. The monoisotopic (exact) mass is 254 g/mol. The fourth-order valence-corrected chi connectivity index (χ4v) is 3.53. The highest BCUT2D eigenvalue weighted by Gasteiger charge is 2.44. The predicted octanol–water partition coefficient (Wildman–Crippen LogP) is 4.21. The second kappa shape index (κ2) is 3.56. The molecule has 1 heterocycles. The van der Waals surface area contributed by atoms with Crippen molar-refractivity contribution in [3.63, 3.8) is 0 Å². The Morgan fingerprint density at radius 2 is 1.16 bits per heavy atom. The van der Waals surface area contributed by atoms with Crippen molar-refractivity contribution >= 4 is 11.0 Å². The standard InChI is InChI=1S/C17H22N2/c1-10-7-12-13(8-11(10)2)19-15-14(18-12)16(3,4)9-17(15,5)6/h7-8H,9H2,1-6H3. The van der Waals surface area contributed by atoms with Gasteiger partial charge in [-0.2, -0.15) is 0 Å². The number of hydrogen-bond donors (Lipinski definition) is 0. The quantitative estimate of drug-likeness (QED) is 0.704. The van der Waals surface area contributed by atoms with E-state index in [9.17, 15) is 0 Å². The van der Waals surface area contributed by atoms with E-state index >= 15 is 0 Å². The first-order valence-electron chi connectivity index (χ1n) is 7.01. The Morgan fingerprint density at radius 3 is 1.53 bits per heavy atom. The van der Waals surface area contributed by atoms with Crippen LogP contribution in [0.3, 0.4) is 0 Å². The van der Waals surface area contributed by atoms with Crippen LogP contribution in [0.4, 0.5) is 0 Å². The molecular formula is C17H22N2. The Morgan fingerprint density at radius 1 is 0.789 bits per heavy atom. The summed E-state index contributed by atoms with van der Waals surface area (Å²) in [6.07, 6.45) is 1.11. The summed E-state index contributed by atoms with van der Waals surface area (Å²) >= 11 is 0. The first-order chi connectivity index (χ1) is 8.71. The highest BCUT2D eigenvalue weighted by Crippen LogP contribution is 2.47. The third-order valence-electron chi connectivity index (χ3n) is 4.45. The maximum atomic E-state index is 4.94. The summed E-state index contributed by atoms with van der Waals surface area (Å²) < 4.78 is 0. The van der Waals surface area contributed by atoms with Crippen molar-refractivity contribution in [3.05, 3.63) is 34.6 Å². The van der Waals surface area contributed by atoms with E-state index in [1.165, 1.54) is 22.5 Å². The molecule has 0 saturated carbocycles. The van der Waals surface area contributed by atoms with Gasteiger partial charge in [0.2, 0.25) is 0 Å². The lowest BCUT2D eigenvalue weighted by molar-refractivity contribution is 0.397. The van der Waals surface area contributed by atoms with E-state index in [2.05, 4.69) is 53.7 Å². The zero-order chi connectivity index (χ0) is 14.0. The summed E-state index contributed by atoms with van der Waals surface area (Å²) in [4.78, 5) is 9.89. The molecule has 0 amide bonds. The van der Waals surface area contributed by atoms with Crippen molar-refractivity contribution in [3.8, 4) is 0 Å². The van der Waals surface area contributed by atoms with Crippen molar-refractivity contribution in [1.82, 2.24) is 9.97 Å². The van der Waals surface area contributed by atoms with Crippen LogP contribution in [0, 0.1) is 13.8 Å². The second-order valence-electron chi connectivity index (χ2n) is 7.29. The van der Waals surface area contributed by atoms with Crippen LogP contribution in [0.1, 0.15) is 56.6 Å². The molecule has 100 valence electrons. The van der Waals surface area contributed by atoms with Gasteiger partial charge in [-0.15, -0.1) is 0 Å². The van der Waals surface area contributed by atoms with Crippen molar-refractivity contribution in [2.24, 2.45) is 0 Å². The van der Waals surface area contributed by atoms with Crippen LogP contribution in [0.5, 0.6) is 0 Å². The summed E-state index contributed by atoms with van der Waals surface area (Å²) in [6.45, 7) is 13.4. The summed E-state index contributed by atoms with van der Waals surface area (Å²) in [5, 5.41) is 0. The third kappa shape index (κ3) is 1.77. The number of benzene rings is 1. The molecule has 2 aromatic rings. The predicted molar refractivity (Wildman–Crippen MR) is 79.7 cm³/mol. The highest BCUT2D eigenvalue weighted by atomic mass is 14.9. The topological polar surface area (TPSA) is 25.8 Å². The lowest BCUT2D eigenvalue weighted by Crippen LogP contribution is -2.18. The van der Waals surface area contributed by atoms with Gasteiger partial charge in [-0.25, -0.2) is 9.97 Å². The number of hydrogen-bond acceptors (Lipinski definition) is 2. The minimum Gasteiger partial charge on any atom is -0.249 e. The van der Waals surface area contributed by atoms with Crippen LogP contribution in [0.2, 0.25) is 0 Å². The van der Waals surface area contributed by atoms with E-state index in [1.807, 2.05) is 0 Å². The van der Waals surface area contributed by atoms with Crippen molar-refractivity contribution in [2.75, 3.05) is 0 Å². The molecule has 0 aliphatic heterocycles. The van der Waals surface area contributed by atoms with E-state index in [0.29, 0.717) is 0 Å². The maximum absolute atomic E-state index is 4.94. The van der Waals surface area contributed by atoms with E-state index in [1.54, 1.807) is 0 Å². The average molecular weight is 254 g/mol. The van der Waals surface area contributed by atoms with Gasteiger partial charge in [-0.05, 0) is 43.5 Å². The highest BCUT2D eigenvalue weighted by molar-refractivity contribution is 5.77. The number of aromatic nitrogens is 2. The van der Waals surface area contributed by atoms with Gasteiger partial charge in [0, 0.05) is 10.8 Å². The number of aryl methyl sites for hydroxylation is 2. The van der Waals surface area contributed by atoms with Crippen LogP contribution < -0.4 is 0 Å². The SMILES string of the molecule is Cc1cc2nc3c(nc2cc1C)C(C)(C)CC3(C)C. The van der Waals surface area contributed by atoms with Crippen LogP contribution >= 0.6 is 0 Å². The van der Waals surface area contributed by atoms with Crippen molar-refractivity contribution in [1.29, 1.82) is 0 Å². The van der Waals surface area contributed by atoms with Gasteiger partial charge in [0.25, 0.3) is 0 Å². The summed E-state index contributed by atoms with van der Waals surface area (Å²) in [7, 11) is 0. The van der Waals surface area contributed by atoms with Crippen molar-refractivity contribution < 1.29 is 0 Å². The van der Waals surface area contributed by atoms with Gasteiger partial charge in [0.1, 0.15) is 0 Å². The van der Waals surface area contributed by atoms with E-state index < -0.39 is 0 Å². The van der Waals surface area contributed by atoms with Crippen LogP contribution in [-0.4, -0.2) is 9.97 Å². The van der Waals surface area contributed by atoms with Gasteiger partial charge in [-0.3, -0.25) is 0 Å². The van der Waals surface area contributed by atoms with Crippen molar-refractivity contribution in [2.45, 2.75) is 58.8 Å². The largest absolute Gasteiger partial charge is 0.249 e. The molecule has 0 N–H and O–H groups in total. The first-order valence-corrected chi connectivity index (χ1v) is 7.01. The molecule has 19 heavy (non-hydrogen) atoms. The molecule has 0 spiro atoms. The van der Waals surface area contributed by atoms with E-state index in [4.69, 9.17) is 9.97 Å². The smallest absolute Gasteiger partial charge is 0.0893 e. The number of fused-ring (bicyclic) bond motifs is 2. The molecule has 0 saturated heterocycles. The molecule has 0 bridgehead atoms. The fraction of sp³-hybridized carbons (Fsp3) is 0.529. The number of rotatable bonds is 0. The Labute approximate surface area is 115 Å². The Kier molecular flexibility index (Phi) is 2.36.